The van der Waals surface area contributed by atoms with E-state index in [4.69, 9.17) is 18.9 Å². The van der Waals surface area contributed by atoms with E-state index in [1.165, 1.54) is 28.4 Å². The second-order valence-corrected chi connectivity index (χ2v) is 6.19. The zero-order chi connectivity index (χ0) is 17.9. The molecule has 0 saturated heterocycles. The number of carbonyl (C=O) groups excluding carboxylic acids is 4. The van der Waals surface area contributed by atoms with Crippen LogP contribution in [0.3, 0.4) is 0 Å². The van der Waals surface area contributed by atoms with Gasteiger partial charge in [-0.3, -0.25) is 19.2 Å². The van der Waals surface area contributed by atoms with Crippen LogP contribution in [0.5, 0.6) is 0 Å². The van der Waals surface area contributed by atoms with Crippen LogP contribution < -0.4 is 0 Å². The number of ether oxygens (including phenoxy) is 4. The number of hydrogen-bond acceptors (Lipinski definition) is 8. The van der Waals surface area contributed by atoms with E-state index >= 15 is 0 Å². The Balaban J connectivity index is 2.05. The molecule has 2 fully saturated rings. The number of rotatable bonds is 4. The Labute approximate surface area is 138 Å². The monoisotopic (exact) mass is 338 g/mol. The summed E-state index contributed by atoms with van der Waals surface area (Å²) >= 11 is 0. The highest BCUT2D eigenvalue weighted by Gasteiger charge is 2.90. The molecule has 0 radical (unpaired) electrons. The van der Waals surface area contributed by atoms with Gasteiger partial charge in [0, 0.05) is 11.8 Å². The molecule has 3 aliphatic carbocycles. The molecule has 4 atom stereocenters. The standard InChI is InChI=1S/C16H18O8/c1-21-11(17)15(12(18)22-2)7-5-6-8-10(9(7)15)16(8,13(19)23-3)14(20)24-4/h5-10H,1-4H3/t7-,8-,9-,10-/m0/s1. The maximum Gasteiger partial charge on any atom is 0.324 e. The lowest BCUT2D eigenvalue weighted by molar-refractivity contribution is -0.166. The SMILES string of the molecule is COC(=O)C1(C(=O)OC)[C@@H]2[C@@H]3[C@H](C=C[C@@H]21)C3(C(=O)OC)C(=O)OC. The third kappa shape index (κ3) is 1.53. The average Bonchev–Trinajstić information content (AvgIpc) is 3.48. The molecule has 0 spiro atoms. The Morgan fingerprint density at radius 3 is 1.08 bits per heavy atom. The summed E-state index contributed by atoms with van der Waals surface area (Å²) in [5.74, 6) is -5.01. The van der Waals surface area contributed by atoms with E-state index in [9.17, 15) is 19.2 Å². The Kier molecular flexibility index (Phi) is 3.47. The van der Waals surface area contributed by atoms with Crippen molar-refractivity contribution < 1.29 is 38.1 Å². The molecule has 0 amide bonds. The van der Waals surface area contributed by atoms with Gasteiger partial charge in [-0.05, 0) is 11.8 Å². The quantitative estimate of drug-likeness (QED) is 0.298. The van der Waals surface area contributed by atoms with E-state index in [1.54, 1.807) is 12.2 Å². The first-order chi connectivity index (χ1) is 11.4. The molecule has 0 N–H and O–H groups in total. The minimum Gasteiger partial charge on any atom is -0.468 e. The lowest BCUT2D eigenvalue weighted by Gasteiger charge is -2.15. The first kappa shape index (κ1) is 16.5. The molecular formula is C16H18O8. The van der Waals surface area contributed by atoms with Gasteiger partial charge in [0.25, 0.3) is 0 Å². The van der Waals surface area contributed by atoms with Crippen LogP contribution in [-0.4, -0.2) is 52.3 Å². The Bertz CT molecular complexity index is 575. The highest BCUT2D eigenvalue weighted by Crippen LogP contribution is 2.80. The van der Waals surface area contributed by atoms with Gasteiger partial charge in [0.2, 0.25) is 0 Å². The van der Waals surface area contributed by atoms with Crippen LogP contribution in [0.1, 0.15) is 0 Å². The number of allylic oxidation sites excluding steroid dienone is 2. The molecule has 0 aromatic heterocycles. The lowest BCUT2D eigenvalue weighted by Crippen LogP contribution is -2.35. The fraction of sp³-hybridized carbons (Fsp3) is 0.625. The van der Waals surface area contributed by atoms with E-state index in [0.717, 1.165) is 0 Å². The predicted octanol–water partition coefficient (Wildman–Crippen LogP) is -0.287. The molecule has 0 aromatic rings. The zero-order valence-electron chi connectivity index (χ0n) is 13.7. The summed E-state index contributed by atoms with van der Waals surface area (Å²) in [7, 11) is 4.72. The average molecular weight is 338 g/mol. The van der Waals surface area contributed by atoms with Gasteiger partial charge in [0.05, 0.1) is 28.4 Å². The molecule has 8 heteroatoms. The first-order valence-electron chi connectivity index (χ1n) is 7.42. The van der Waals surface area contributed by atoms with Crippen molar-refractivity contribution in [2.24, 2.45) is 34.5 Å². The van der Waals surface area contributed by atoms with Crippen molar-refractivity contribution in [1.82, 2.24) is 0 Å². The number of fused-ring (bicyclic) bond motifs is 3. The van der Waals surface area contributed by atoms with Crippen molar-refractivity contribution in [2.75, 3.05) is 28.4 Å². The van der Waals surface area contributed by atoms with Gasteiger partial charge in [-0.2, -0.15) is 0 Å². The van der Waals surface area contributed by atoms with Gasteiger partial charge < -0.3 is 18.9 Å². The topological polar surface area (TPSA) is 105 Å². The summed E-state index contributed by atoms with van der Waals surface area (Å²) in [5.41, 5.74) is -3.05. The van der Waals surface area contributed by atoms with Crippen molar-refractivity contribution in [3.05, 3.63) is 12.2 Å². The second kappa shape index (κ2) is 5.06. The van der Waals surface area contributed by atoms with Crippen LogP contribution in [0.25, 0.3) is 0 Å². The maximum absolute atomic E-state index is 12.3. The van der Waals surface area contributed by atoms with Crippen LogP contribution in [-0.2, 0) is 38.1 Å². The molecule has 3 aliphatic rings. The highest BCUT2D eigenvalue weighted by atomic mass is 16.6. The van der Waals surface area contributed by atoms with Crippen LogP contribution in [0.15, 0.2) is 12.2 Å². The summed E-state index contributed by atoms with van der Waals surface area (Å²) < 4.78 is 19.2. The number of methoxy groups -OCH3 is 4. The van der Waals surface area contributed by atoms with E-state index in [0.29, 0.717) is 0 Å². The van der Waals surface area contributed by atoms with E-state index in [1.807, 2.05) is 0 Å². The van der Waals surface area contributed by atoms with E-state index in [-0.39, 0.29) is 0 Å². The van der Waals surface area contributed by atoms with Crippen LogP contribution in [0.2, 0.25) is 0 Å². The number of carbonyl (C=O) groups is 4. The molecule has 130 valence electrons. The van der Waals surface area contributed by atoms with Crippen LogP contribution in [0.4, 0.5) is 0 Å². The minimum atomic E-state index is -1.52. The molecule has 0 unspecified atom stereocenters. The lowest BCUT2D eigenvalue weighted by atomic mass is 9.95. The Morgan fingerprint density at radius 1 is 0.625 bits per heavy atom. The first-order valence-corrected chi connectivity index (χ1v) is 7.42. The van der Waals surface area contributed by atoms with Crippen molar-refractivity contribution in [3.63, 3.8) is 0 Å². The summed E-state index contributed by atoms with van der Waals surface area (Å²) in [6.45, 7) is 0. The fourth-order valence-corrected chi connectivity index (χ4v) is 4.61. The molecular weight excluding hydrogens is 320 g/mol. The number of esters is 4. The third-order valence-electron chi connectivity index (χ3n) is 5.66. The highest BCUT2D eigenvalue weighted by molar-refractivity contribution is 6.09. The van der Waals surface area contributed by atoms with Gasteiger partial charge >= 0.3 is 23.9 Å². The molecule has 2 saturated carbocycles. The smallest absolute Gasteiger partial charge is 0.324 e. The minimum absolute atomic E-state index is 0.477. The summed E-state index contributed by atoms with van der Waals surface area (Å²) in [4.78, 5) is 49.3. The predicted molar refractivity (Wildman–Crippen MR) is 76.0 cm³/mol. The third-order valence-corrected chi connectivity index (χ3v) is 5.66. The Morgan fingerprint density at radius 2 is 0.875 bits per heavy atom. The van der Waals surface area contributed by atoms with Crippen molar-refractivity contribution in [2.45, 2.75) is 0 Å². The van der Waals surface area contributed by atoms with Gasteiger partial charge in [0.1, 0.15) is 0 Å². The molecule has 3 rings (SSSR count). The fourth-order valence-electron chi connectivity index (χ4n) is 4.61. The Hall–Kier alpha value is -2.38. The summed E-state index contributed by atoms with van der Waals surface area (Å²) in [6, 6.07) is 0. The molecule has 24 heavy (non-hydrogen) atoms. The van der Waals surface area contributed by atoms with E-state index < -0.39 is 58.4 Å². The van der Waals surface area contributed by atoms with Gasteiger partial charge in [-0.15, -0.1) is 0 Å². The summed E-state index contributed by atoms with van der Waals surface area (Å²) in [5, 5.41) is 0. The molecule has 8 nitrogen and oxygen atoms in total. The van der Waals surface area contributed by atoms with Gasteiger partial charge in [0.15, 0.2) is 10.8 Å². The molecule has 0 aromatic carbocycles. The van der Waals surface area contributed by atoms with Crippen molar-refractivity contribution in [3.8, 4) is 0 Å². The van der Waals surface area contributed by atoms with Crippen LogP contribution in [0, 0.1) is 34.5 Å². The molecule has 0 bridgehead atoms. The van der Waals surface area contributed by atoms with Crippen molar-refractivity contribution in [1.29, 1.82) is 0 Å². The largest absolute Gasteiger partial charge is 0.468 e. The number of hydrogen-bond donors (Lipinski definition) is 0. The van der Waals surface area contributed by atoms with Gasteiger partial charge in [-0.25, -0.2) is 0 Å². The summed E-state index contributed by atoms with van der Waals surface area (Å²) in [6.07, 6.45) is 3.35. The molecule has 0 heterocycles. The second-order valence-electron chi connectivity index (χ2n) is 6.19. The molecule has 0 aliphatic heterocycles. The van der Waals surface area contributed by atoms with Crippen molar-refractivity contribution >= 4 is 23.9 Å². The zero-order valence-corrected chi connectivity index (χ0v) is 13.7. The maximum atomic E-state index is 12.3. The van der Waals surface area contributed by atoms with Gasteiger partial charge in [-0.1, -0.05) is 12.2 Å². The van der Waals surface area contributed by atoms with Crippen LogP contribution >= 0.6 is 0 Å². The van der Waals surface area contributed by atoms with E-state index in [2.05, 4.69) is 0 Å². The normalized spacial score (nSPS) is 32.5.